The van der Waals surface area contributed by atoms with Gasteiger partial charge in [0.2, 0.25) is 0 Å². The first-order chi connectivity index (χ1) is 14.1. The summed E-state index contributed by atoms with van der Waals surface area (Å²) in [7, 11) is 0. The molecule has 1 aromatic carbocycles. The monoisotopic (exact) mass is 401 g/mol. The molecule has 1 aromatic heterocycles. The van der Waals surface area contributed by atoms with E-state index in [0.717, 1.165) is 38.4 Å². The minimum Gasteiger partial charge on any atom is -0.379 e. The first-order valence-corrected chi connectivity index (χ1v) is 9.80. The molecule has 0 spiro atoms. The van der Waals surface area contributed by atoms with Crippen LogP contribution in [0.5, 0.6) is 0 Å². The van der Waals surface area contributed by atoms with Gasteiger partial charge in [0.1, 0.15) is 11.5 Å². The summed E-state index contributed by atoms with van der Waals surface area (Å²) in [4.78, 5) is 29.1. The summed E-state index contributed by atoms with van der Waals surface area (Å²) in [6.45, 7) is 5.71. The van der Waals surface area contributed by atoms with E-state index in [9.17, 15) is 14.0 Å². The second-order valence-corrected chi connectivity index (χ2v) is 7.20. The minimum atomic E-state index is -0.326. The van der Waals surface area contributed by atoms with E-state index in [0.29, 0.717) is 31.9 Å². The third-order valence-electron chi connectivity index (χ3n) is 5.18. The first-order valence-electron chi connectivity index (χ1n) is 9.80. The molecule has 2 aliphatic rings. The molecule has 4 rings (SSSR count). The van der Waals surface area contributed by atoms with Crippen molar-refractivity contribution in [3.63, 3.8) is 0 Å². The zero-order chi connectivity index (χ0) is 20.2. The van der Waals surface area contributed by atoms with Crippen molar-refractivity contribution in [2.75, 3.05) is 45.9 Å². The van der Waals surface area contributed by atoms with Crippen molar-refractivity contribution in [3.8, 4) is 0 Å². The largest absolute Gasteiger partial charge is 0.379 e. The normalized spacial score (nSPS) is 17.3. The van der Waals surface area contributed by atoms with Crippen molar-refractivity contribution in [1.82, 2.24) is 24.9 Å². The van der Waals surface area contributed by atoms with E-state index < -0.39 is 0 Å². The molecule has 0 atom stereocenters. The van der Waals surface area contributed by atoms with Crippen LogP contribution in [-0.4, -0.2) is 77.3 Å². The van der Waals surface area contributed by atoms with Crippen LogP contribution in [0.4, 0.5) is 4.39 Å². The molecule has 1 fully saturated rings. The number of halogens is 1. The van der Waals surface area contributed by atoms with E-state index in [1.54, 1.807) is 21.7 Å². The second-order valence-electron chi connectivity index (χ2n) is 7.20. The van der Waals surface area contributed by atoms with Crippen molar-refractivity contribution in [1.29, 1.82) is 0 Å². The molecule has 3 heterocycles. The lowest BCUT2D eigenvalue weighted by Crippen LogP contribution is -2.41. The van der Waals surface area contributed by atoms with Gasteiger partial charge in [-0.25, -0.2) is 4.39 Å². The molecule has 2 aliphatic heterocycles. The molecule has 2 aromatic rings. The number of benzene rings is 1. The van der Waals surface area contributed by atoms with Crippen LogP contribution in [0.2, 0.25) is 0 Å². The van der Waals surface area contributed by atoms with Crippen molar-refractivity contribution in [3.05, 3.63) is 53.1 Å². The van der Waals surface area contributed by atoms with E-state index in [1.165, 1.54) is 18.2 Å². The van der Waals surface area contributed by atoms with E-state index in [-0.39, 0.29) is 23.3 Å². The predicted molar refractivity (Wildman–Crippen MR) is 103 cm³/mol. The summed E-state index contributed by atoms with van der Waals surface area (Å²) in [5.41, 5.74) is 1.35. The minimum absolute atomic E-state index is 0.208. The highest BCUT2D eigenvalue weighted by Crippen LogP contribution is 2.17. The Bertz CT molecular complexity index is 894. The zero-order valence-corrected chi connectivity index (χ0v) is 16.1. The fourth-order valence-electron chi connectivity index (χ4n) is 3.60. The summed E-state index contributed by atoms with van der Waals surface area (Å²) < 4.78 is 20.3. The van der Waals surface area contributed by atoms with Gasteiger partial charge in [0.15, 0.2) is 5.69 Å². The number of rotatable bonds is 6. The molecular weight excluding hydrogens is 377 g/mol. The van der Waals surface area contributed by atoms with Crippen LogP contribution in [0.3, 0.4) is 0 Å². The summed E-state index contributed by atoms with van der Waals surface area (Å²) >= 11 is 0. The first kappa shape index (κ1) is 19.5. The lowest BCUT2D eigenvalue weighted by molar-refractivity contribution is 0.0383. The standard InChI is InChI=1S/C20H24FN5O3/c21-16-3-1-2-15(12-16)14-25-6-7-26-18(20(25)28)13-17(23-26)19(27)22-4-5-24-8-10-29-11-9-24/h1-3,12-13H,4-11,14H2,(H,22,27). The Balaban J connectivity index is 1.35. The molecule has 0 bridgehead atoms. The van der Waals surface area contributed by atoms with Crippen molar-refractivity contribution < 1.29 is 18.7 Å². The molecule has 0 saturated carbocycles. The average Bonchev–Trinajstić information content (AvgIpc) is 3.16. The summed E-state index contributed by atoms with van der Waals surface area (Å²) in [5.74, 6) is -0.821. The number of ether oxygens (including phenoxy) is 1. The SMILES string of the molecule is O=C(NCCN1CCOCC1)c1cc2n(n1)CCN(Cc1cccc(F)c1)C2=O. The maximum atomic E-state index is 13.4. The Hall–Kier alpha value is -2.78. The van der Waals surface area contributed by atoms with Gasteiger partial charge in [0.05, 0.1) is 19.8 Å². The van der Waals surface area contributed by atoms with Crippen molar-refractivity contribution in [2.24, 2.45) is 0 Å². The molecule has 8 nitrogen and oxygen atoms in total. The smallest absolute Gasteiger partial charge is 0.272 e. The van der Waals surface area contributed by atoms with Gasteiger partial charge in [-0.3, -0.25) is 19.2 Å². The van der Waals surface area contributed by atoms with Gasteiger partial charge in [0.25, 0.3) is 11.8 Å². The number of nitrogens with zero attached hydrogens (tertiary/aromatic N) is 4. The Kier molecular flexibility index (Phi) is 5.86. The highest BCUT2D eigenvalue weighted by Gasteiger charge is 2.28. The third kappa shape index (κ3) is 4.63. The Morgan fingerprint density at radius 2 is 2.00 bits per heavy atom. The van der Waals surface area contributed by atoms with Gasteiger partial charge < -0.3 is 15.0 Å². The molecule has 0 radical (unpaired) electrons. The highest BCUT2D eigenvalue weighted by atomic mass is 19.1. The van der Waals surface area contributed by atoms with E-state index in [4.69, 9.17) is 4.74 Å². The lowest BCUT2D eigenvalue weighted by atomic mass is 10.2. The molecule has 2 amide bonds. The molecule has 0 aliphatic carbocycles. The predicted octanol–water partition coefficient (Wildman–Crippen LogP) is 0.740. The number of carbonyl (C=O) groups excluding carboxylic acids is 2. The van der Waals surface area contributed by atoms with Crippen LogP contribution < -0.4 is 5.32 Å². The number of aromatic nitrogens is 2. The zero-order valence-electron chi connectivity index (χ0n) is 16.1. The number of fused-ring (bicyclic) bond motifs is 1. The Morgan fingerprint density at radius 3 is 2.79 bits per heavy atom. The van der Waals surface area contributed by atoms with E-state index >= 15 is 0 Å². The molecule has 9 heteroatoms. The van der Waals surface area contributed by atoms with Crippen LogP contribution in [0.15, 0.2) is 30.3 Å². The average molecular weight is 401 g/mol. The molecule has 0 unspecified atom stereocenters. The fraction of sp³-hybridized carbons (Fsp3) is 0.450. The number of nitrogens with one attached hydrogen (secondary N) is 1. The number of hydrogen-bond acceptors (Lipinski definition) is 5. The highest BCUT2D eigenvalue weighted by molar-refractivity contribution is 5.98. The maximum absolute atomic E-state index is 13.4. The Labute approximate surface area is 168 Å². The lowest BCUT2D eigenvalue weighted by Gasteiger charge is -2.27. The topological polar surface area (TPSA) is 79.7 Å². The number of morpholine rings is 1. The van der Waals surface area contributed by atoms with E-state index in [1.807, 2.05) is 0 Å². The second kappa shape index (κ2) is 8.71. The van der Waals surface area contributed by atoms with Gasteiger partial charge in [-0.05, 0) is 17.7 Å². The molecule has 29 heavy (non-hydrogen) atoms. The number of carbonyl (C=O) groups is 2. The quantitative estimate of drug-likeness (QED) is 0.773. The Morgan fingerprint density at radius 1 is 1.17 bits per heavy atom. The van der Waals surface area contributed by atoms with Gasteiger partial charge >= 0.3 is 0 Å². The van der Waals surface area contributed by atoms with Crippen LogP contribution >= 0.6 is 0 Å². The molecule has 154 valence electrons. The van der Waals surface area contributed by atoms with Gasteiger partial charge in [-0.1, -0.05) is 12.1 Å². The molecule has 1 N–H and O–H groups in total. The van der Waals surface area contributed by atoms with Crippen molar-refractivity contribution >= 4 is 11.8 Å². The van der Waals surface area contributed by atoms with Gasteiger partial charge in [-0.15, -0.1) is 0 Å². The fourth-order valence-corrected chi connectivity index (χ4v) is 3.60. The summed E-state index contributed by atoms with van der Waals surface area (Å²) in [5, 5.41) is 7.15. The number of amides is 2. The molecular formula is C20H24FN5O3. The summed E-state index contributed by atoms with van der Waals surface area (Å²) in [6, 6.07) is 7.75. The van der Waals surface area contributed by atoms with Crippen molar-refractivity contribution in [2.45, 2.75) is 13.1 Å². The van der Waals surface area contributed by atoms with Crippen LogP contribution in [0.25, 0.3) is 0 Å². The summed E-state index contributed by atoms with van der Waals surface area (Å²) in [6.07, 6.45) is 0. The third-order valence-corrected chi connectivity index (χ3v) is 5.18. The van der Waals surface area contributed by atoms with E-state index in [2.05, 4.69) is 15.3 Å². The molecule has 1 saturated heterocycles. The van der Waals surface area contributed by atoms with Crippen LogP contribution in [0.1, 0.15) is 26.5 Å². The van der Waals surface area contributed by atoms with Crippen LogP contribution in [-0.2, 0) is 17.8 Å². The van der Waals surface area contributed by atoms with Crippen LogP contribution in [0, 0.1) is 5.82 Å². The van der Waals surface area contributed by atoms with Gasteiger partial charge in [-0.2, -0.15) is 5.10 Å². The maximum Gasteiger partial charge on any atom is 0.272 e. The number of hydrogen-bond donors (Lipinski definition) is 1. The van der Waals surface area contributed by atoms with Gasteiger partial charge in [0, 0.05) is 45.3 Å².